The molecule has 2 fully saturated rings. The van der Waals surface area contributed by atoms with Crippen LogP contribution in [0.4, 0.5) is 0 Å². The van der Waals surface area contributed by atoms with Gasteiger partial charge >= 0.3 is 0 Å². The van der Waals surface area contributed by atoms with Crippen molar-refractivity contribution < 1.29 is 14.3 Å². The summed E-state index contributed by atoms with van der Waals surface area (Å²) in [7, 11) is 3.18. The number of rotatable bonds is 3. The Hall–Kier alpha value is -1.75. The van der Waals surface area contributed by atoms with Gasteiger partial charge in [-0.1, -0.05) is 0 Å². The topological polar surface area (TPSA) is 50.8 Å². The van der Waals surface area contributed by atoms with Crippen molar-refractivity contribution in [2.24, 2.45) is 5.92 Å². The van der Waals surface area contributed by atoms with Crippen LogP contribution >= 0.6 is 0 Å². The minimum absolute atomic E-state index is 0.0250. The van der Waals surface area contributed by atoms with E-state index in [-0.39, 0.29) is 5.91 Å². The molecule has 1 N–H and O–H groups in total. The first-order valence-corrected chi connectivity index (χ1v) is 6.97. The van der Waals surface area contributed by atoms with E-state index in [9.17, 15) is 4.79 Å². The maximum Gasteiger partial charge on any atom is 0.257 e. The second kappa shape index (κ2) is 5.32. The number of ether oxygens (including phenoxy) is 2. The molecule has 1 aromatic carbocycles. The Bertz CT molecular complexity index is 506. The van der Waals surface area contributed by atoms with Crippen LogP contribution in [0.3, 0.4) is 0 Å². The van der Waals surface area contributed by atoms with Gasteiger partial charge in [-0.3, -0.25) is 4.79 Å². The van der Waals surface area contributed by atoms with Crippen molar-refractivity contribution in [2.75, 3.05) is 33.9 Å². The van der Waals surface area contributed by atoms with Crippen LogP contribution in [-0.4, -0.2) is 50.7 Å². The number of likely N-dealkylation sites (tertiary alicyclic amines) is 1. The van der Waals surface area contributed by atoms with Crippen LogP contribution in [0.25, 0.3) is 0 Å². The monoisotopic (exact) mass is 276 g/mol. The number of hydrogen-bond donors (Lipinski definition) is 1. The SMILES string of the molecule is COc1ccc(OC)c(C(=O)N2C[C@@H]3CCN[C@@H]3C2)c1. The van der Waals surface area contributed by atoms with Crippen molar-refractivity contribution in [1.29, 1.82) is 0 Å². The largest absolute Gasteiger partial charge is 0.497 e. The number of amides is 1. The average molecular weight is 276 g/mol. The van der Waals surface area contributed by atoms with Crippen LogP contribution in [0.15, 0.2) is 18.2 Å². The maximum atomic E-state index is 12.7. The Morgan fingerprint density at radius 2 is 2.15 bits per heavy atom. The Balaban J connectivity index is 1.83. The molecule has 2 heterocycles. The predicted octanol–water partition coefficient (Wildman–Crippen LogP) is 1.14. The van der Waals surface area contributed by atoms with Crippen molar-refractivity contribution in [3.63, 3.8) is 0 Å². The molecule has 108 valence electrons. The molecule has 0 bridgehead atoms. The third-order valence-electron chi connectivity index (χ3n) is 4.29. The van der Waals surface area contributed by atoms with Crippen LogP contribution in [0.1, 0.15) is 16.8 Å². The van der Waals surface area contributed by atoms with Gasteiger partial charge in [-0.2, -0.15) is 0 Å². The number of carbonyl (C=O) groups excluding carboxylic acids is 1. The lowest BCUT2D eigenvalue weighted by Gasteiger charge is -2.19. The molecule has 0 aliphatic carbocycles. The lowest BCUT2D eigenvalue weighted by molar-refractivity contribution is 0.0779. The average Bonchev–Trinajstić information content (AvgIpc) is 3.07. The molecule has 0 unspecified atom stereocenters. The molecule has 5 heteroatoms. The summed E-state index contributed by atoms with van der Waals surface area (Å²) in [5.41, 5.74) is 0.576. The number of fused-ring (bicyclic) bond motifs is 1. The quantitative estimate of drug-likeness (QED) is 0.899. The second-order valence-electron chi connectivity index (χ2n) is 5.39. The van der Waals surface area contributed by atoms with E-state index in [1.807, 2.05) is 4.90 Å². The van der Waals surface area contributed by atoms with Gasteiger partial charge in [-0.15, -0.1) is 0 Å². The van der Waals surface area contributed by atoms with Gasteiger partial charge in [0.15, 0.2) is 0 Å². The molecule has 0 radical (unpaired) electrons. The maximum absolute atomic E-state index is 12.7. The highest BCUT2D eigenvalue weighted by Crippen LogP contribution is 2.30. The molecule has 20 heavy (non-hydrogen) atoms. The van der Waals surface area contributed by atoms with Gasteiger partial charge in [0, 0.05) is 19.1 Å². The third kappa shape index (κ3) is 2.22. The summed E-state index contributed by atoms with van der Waals surface area (Å²) in [5.74, 6) is 1.89. The van der Waals surface area contributed by atoms with E-state index < -0.39 is 0 Å². The number of nitrogens with one attached hydrogen (secondary N) is 1. The highest BCUT2D eigenvalue weighted by Gasteiger charge is 2.38. The Labute approximate surface area is 118 Å². The van der Waals surface area contributed by atoms with Crippen molar-refractivity contribution in [3.8, 4) is 11.5 Å². The van der Waals surface area contributed by atoms with Crippen LogP contribution in [0, 0.1) is 5.92 Å². The van der Waals surface area contributed by atoms with Gasteiger partial charge in [-0.05, 0) is 37.1 Å². The van der Waals surface area contributed by atoms with Gasteiger partial charge in [0.25, 0.3) is 5.91 Å². The zero-order valence-corrected chi connectivity index (χ0v) is 11.9. The summed E-state index contributed by atoms with van der Waals surface area (Å²) >= 11 is 0. The summed E-state index contributed by atoms with van der Waals surface area (Å²) in [6.07, 6.45) is 1.16. The van der Waals surface area contributed by atoms with E-state index in [0.717, 1.165) is 26.1 Å². The van der Waals surface area contributed by atoms with Crippen LogP contribution in [-0.2, 0) is 0 Å². The van der Waals surface area contributed by atoms with Crippen molar-refractivity contribution in [1.82, 2.24) is 10.2 Å². The van der Waals surface area contributed by atoms with E-state index >= 15 is 0 Å². The molecule has 0 aromatic heterocycles. The van der Waals surface area contributed by atoms with E-state index in [0.29, 0.717) is 29.0 Å². The minimum atomic E-state index is 0.0250. The first-order chi connectivity index (χ1) is 9.72. The standard InChI is InChI=1S/C15H20N2O3/c1-19-11-3-4-14(20-2)12(7-11)15(18)17-8-10-5-6-16-13(10)9-17/h3-4,7,10,13,16H,5-6,8-9H2,1-2H3/t10-,13+/m0/s1. The molecular formula is C15H20N2O3. The molecule has 5 nitrogen and oxygen atoms in total. The summed E-state index contributed by atoms with van der Waals surface area (Å²) in [6, 6.07) is 5.79. The van der Waals surface area contributed by atoms with E-state index in [1.54, 1.807) is 32.4 Å². The first-order valence-electron chi connectivity index (χ1n) is 6.97. The molecule has 0 spiro atoms. The van der Waals surface area contributed by atoms with Gasteiger partial charge in [0.2, 0.25) is 0 Å². The third-order valence-corrected chi connectivity index (χ3v) is 4.29. The molecule has 0 saturated carbocycles. The smallest absolute Gasteiger partial charge is 0.257 e. The first kappa shape index (κ1) is 13.2. The molecular weight excluding hydrogens is 256 g/mol. The van der Waals surface area contributed by atoms with Crippen molar-refractivity contribution >= 4 is 5.91 Å². The van der Waals surface area contributed by atoms with Gasteiger partial charge < -0.3 is 19.7 Å². The van der Waals surface area contributed by atoms with Gasteiger partial charge in [-0.25, -0.2) is 0 Å². The summed E-state index contributed by atoms with van der Waals surface area (Å²) < 4.78 is 10.5. The van der Waals surface area contributed by atoms with Crippen LogP contribution in [0.5, 0.6) is 11.5 Å². The van der Waals surface area contributed by atoms with Crippen LogP contribution < -0.4 is 14.8 Å². The molecule has 1 amide bonds. The summed E-state index contributed by atoms with van der Waals surface area (Å²) in [4.78, 5) is 14.6. The summed E-state index contributed by atoms with van der Waals surface area (Å²) in [5, 5.41) is 3.46. The fourth-order valence-corrected chi connectivity index (χ4v) is 3.17. The number of hydrogen-bond acceptors (Lipinski definition) is 4. The van der Waals surface area contributed by atoms with Gasteiger partial charge in [0.05, 0.1) is 19.8 Å². The van der Waals surface area contributed by atoms with Crippen molar-refractivity contribution in [3.05, 3.63) is 23.8 Å². The van der Waals surface area contributed by atoms with E-state index in [1.165, 1.54) is 0 Å². The molecule has 2 aliphatic heterocycles. The molecule has 2 aliphatic rings. The lowest BCUT2D eigenvalue weighted by Crippen LogP contribution is -2.34. The number of carbonyl (C=O) groups is 1. The molecule has 1 aromatic rings. The number of benzene rings is 1. The second-order valence-corrected chi connectivity index (χ2v) is 5.39. The Kier molecular flexibility index (Phi) is 3.53. The Morgan fingerprint density at radius 1 is 1.30 bits per heavy atom. The highest BCUT2D eigenvalue weighted by atomic mass is 16.5. The lowest BCUT2D eigenvalue weighted by atomic mass is 10.1. The zero-order valence-electron chi connectivity index (χ0n) is 11.9. The van der Waals surface area contributed by atoms with Crippen LogP contribution in [0.2, 0.25) is 0 Å². The number of nitrogens with zero attached hydrogens (tertiary/aromatic N) is 1. The van der Waals surface area contributed by atoms with E-state index in [2.05, 4.69) is 5.32 Å². The molecule has 2 atom stereocenters. The predicted molar refractivity (Wildman–Crippen MR) is 75.3 cm³/mol. The number of methoxy groups -OCH3 is 2. The highest BCUT2D eigenvalue weighted by molar-refractivity contribution is 5.97. The van der Waals surface area contributed by atoms with Gasteiger partial charge in [0.1, 0.15) is 11.5 Å². The molecule has 3 rings (SSSR count). The summed E-state index contributed by atoms with van der Waals surface area (Å²) in [6.45, 7) is 2.68. The Morgan fingerprint density at radius 3 is 2.85 bits per heavy atom. The fraction of sp³-hybridized carbons (Fsp3) is 0.533. The fourth-order valence-electron chi connectivity index (χ4n) is 3.17. The zero-order chi connectivity index (χ0) is 14.1. The minimum Gasteiger partial charge on any atom is -0.497 e. The van der Waals surface area contributed by atoms with E-state index in [4.69, 9.17) is 9.47 Å². The molecule has 2 saturated heterocycles. The normalized spacial score (nSPS) is 24.6. The van der Waals surface area contributed by atoms with Crippen molar-refractivity contribution in [2.45, 2.75) is 12.5 Å².